The molecule has 0 spiro atoms. The van der Waals surface area contributed by atoms with E-state index in [1.165, 1.54) is 6.92 Å². The molecule has 1 rings (SSSR count). The molecule has 1 N–H and O–H groups in total. The van der Waals surface area contributed by atoms with Crippen LogP contribution in [-0.2, 0) is 9.53 Å². The first-order chi connectivity index (χ1) is 10.1. The SMILES string of the molecule is C/C=C/CNC(=O)COCCOc1cccc(C(C)=O)c1. The Balaban J connectivity index is 2.18. The lowest BCUT2D eigenvalue weighted by Gasteiger charge is -2.08. The van der Waals surface area contributed by atoms with Crippen LogP contribution >= 0.6 is 0 Å². The number of ketones is 1. The fourth-order valence-corrected chi connectivity index (χ4v) is 1.53. The minimum Gasteiger partial charge on any atom is -0.491 e. The number of benzene rings is 1. The summed E-state index contributed by atoms with van der Waals surface area (Å²) >= 11 is 0. The van der Waals surface area contributed by atoms with E-state index < -0.39 is 0 Å². The molecule has 0 saturated carbocycles. The van der Waals surface area contributed by atoms with E-state index >= 15 is 0 Å². The highest BCUT2D eigenvalue weighted by molar-refractivity contribution is 5.94. The Morgan fingerprint density at radius 1 is 1.29 bits per heavy atom. The summed E-state index contributed by atoms with van der Waals surface area (Å²) in [7, 11) is 0. The maximum absolute atomic E-state index is 11.3. The molecule has 0 aliphatic carbocycles. The van der Waals surface area contributed by atoms with Crippen molar-refractivity contribution in [1.82, 2.24) is 5.32 Å². The number of hydrogen-bond acceptors (Lipinski definition) is 4. The van der Waals surface area contributed by atoms with Crippen molar-refractivity contribution in [3.8, 4) is 5.75 Å². The first-order valence-electron chi connectivity index (χ1n) is 6.83. The maximum atomic E-state index is 11.3. The molecule has 0 atom stereocenters. The smallest absolute Gasteiger partial charge is 0.246 e. The van der Waals surface area contributed by atoms with Crippen LogP contribution in [0, 0.1) is 0 Å². The third kappa shape index (κ3) is 7.27. The van der Waals surface area contributed by atoms with Crippen molar-refractivity contribution in [2.45, 2.75) is 13.8 Å². The number of amides is 1. The van der Waals surface area contributed by atoms with Crippen molar-refractivity contribution in [2.24, 2.45) is 0 Å². The standard InChI is InChI=1S/C16H21NO4/c1-3-4-8-17-16(19)12-20-9-10-21-15-7-5-6-14(11-15)13(2)18/h3-7,11H,8-10,12H2,1-2H3,(H,17,19)/b4-3+. The molecular formula is C16H21NO4. The molecule has 1 aromatic rings. The Morgan fingerprint density at radius 3 is 2.81 bits per heavy atom. The Bertz CT molecular complexity index is 497. The first-order valence-corrected chi connectivity index (χ1v) is 6.83. The van der Waals surface area contributed by atoms with Crippen molar-refractivity contribution in [2.75, 3.05) is 26.4 Å². The zero-order valence-electron chi connectivity index (χ0n) is 12.4. The lowest BCUT2D eigenvalue weighted by atomic mass is 10.1. The van der Waals surface area contributed by atoms with Crippen LogP contribution in [0.1, 0.15) is 24.2 Å². The summed E-state index contributed by atoms with van der Waals surface area (Å²) in [6.45, 7) is 4.54. The van der Waals surface area contributed by atoms with Crippen LogP contribution in [0.15, 0.2) is 36.4 Å². The zero-order chi connectivity index (χ0) is 15.5. The monoisotopic (exact) mass is 291 g/mol. The lowest BCUT2D eigenvalue weighted by Crippen LogP contribution is -2.28. The van der Waals surface area contributed by atoms with E-state index in [9.17, 15) is 9.59 Å². The van der Waals surface area contributed by atoms with Gasteiger partial charge in [-0.3, -0.25) is 9.59 Å². The number of allylic oxidation sites excluding steroid dienone is 1. The van der Waals surface area contributed by atoms with Gasteiger partial charge in [0.25, 0.3) is 0 Å². The van der Waals surface area contributed by atoms with Crippen LogP contribution in [0.5, 0.6) is 5.75 Å². The highest BCUT2D eigenvalue weighted by Gasteiger charge is 2.02. The summed E-state index contributed by atoms with van der Waals surface area (Å²) in [6.07, 6.45) is 3.72. The van der Waals surface area contributed by atoms with Crippen LogP contribution in [0.25, 0.3) is 0 Å². The van der Waals surface area contributed by atoms with Crippen LogP contribution in [-0.4, -0.2) is 38.1 Å². The Kier molecular flexibility index (Phi) is 7.82. The normalized spacial score (nSPS) is 10.6. The van der Waals surface area contributed by atoms with Gasteiger partial charge in [-0.1, -0.05) is 24.3 Å². The van der Waals surface area contributed by atoms with E-state index in [4.69, 9.17) is 9.47 Å². The van der Waals surface area contributed by atoms with Gasteiger partial charge < -0.3 is 14.8 Å². The van der Waals surface area contributed by atoms with E-state index in [-0.39, 0.29) is 18.3 Å². The summed E-state index contributed by atoms with van der Waals surface area (Å²) in [5, 5.41) is 2.68. The summed E-state index contributed by atoms with van der Waals surface area (Å²) < 4.78 is 10.7. The summed E-state index contributed by atoms with van der Waals surface area (Å²) in [5.41, 5.74) is 0.608. The molecule has 1 aromatic carbocycles. The van der Waals surface area contributed by atoms with E-state index in [2.05, 4.69) is 5.32 Å². The van der Waals surface area contributed by atoms with Gasteiger partial charge in [0, 0.05) is 12.1 Å². The third-order valence-corrected chi connectivity index (χ3v) is 2.62. The second-order valence-corrected chi connectivity index (χ2v) is 4.36. The summed E-state index contributed by atoms with van der Waals surface area (Å²) in [6, 6.07) is 6.96. The molecular weight excluding hydrogens is 270 g/mol. The van der Waals surface area contributed by atoms with E-state index in [1.807, 2.05) is 19.1 Å². The van der Waals surface area contributed by atoms with Gasteiger partial charge in [0.15, 0.2) is 5.78 Å². The average Bonchev–Trinajstić information content (AvgIpc) is 2.47. The van der Waals surface area contributed by atoms with Gasteiger partial charge in [-0.2, -0.15) is 0 Å². The van der Waals surface area contributed by atoms with Crippen LogP contribution in [0.2, 0.25) is 0 Å². The summed E-state index contributed by atoms with van der Waals surface area (Å²) in [4.78, 5) is 22.5. The molecule has 1 amide bonds. The van der Waals surface area contributed by atoms with Gasteiger partial charge in [-0.05, 0) is 26.0 Å². The topological polar surface area (TPSA) is 64.6 Å². The van der Waals surface area contributed by atoms with Crippen LogP contribution in [0.3, 0.4) is 0 Å². The van der Waals surface area contributed by atoms with Gasteiger partial charge >= 0.3 is 0 Å². The second kappa shape index (κ2) is 9.72. The number of hydrogen-bond donors (Lipinski definition) is 1. The van der Waals surface area contributed by atoms with Crippen molar-refractivity contribution in [1.29, 1.82) is 0 Å². The summed E-state index contributed by atoms with van der Waals surface area (Å²) in [5.74, 6) is 0.449. The highest BCUT2D eigenvalue weighted by Crippen LogP contribution is 2.13. The molecule has 0 aliphatic rings. The number of nitrogens with one attached hydrogen (secondary N) is 1. The average molecular weight is 291 g/mol. The van der Waals surface area contributed by atoms with E-state index in [0.717, 1.165) is 0 Å². The van der Waals surface area contributed by atoms with Crippen molar-refractivity contribution in [3.05, 3.63) is 42.0 Å². The predicted molar refractivity (Wildman–Crippen MR) is 80.6 cm³/mol. The van der Waals surface area contributed by atoms with Gasteiger partial charge in [0.05, 0.1) is 6.61 Å². The molecule has 0 fully saturated rings. The molecule has 5 heteroatoms. The second-order valence-electron chi connectivity index (χ2n) is 4.36. The van der Waals surface area contributed by atoms with Crippen molar-refractivity contribution >= 4 is 11.7 Å². The minimum absolute atomic E-state index is 0.00509. The Labute approximate surface area is 124 Å². The van der Waals surface area contributed by atoms with Gasteiger partial charge in [-0.25, -0.2) is 0 Å². The number of rotatable bonds is 9. The van der Waals surface area contributed by atoms with Crippen LogP contribution in [0.4, 0.5) is 0 Å². The molecule has 0 saturated heterocycles. The number of carbonyl (C=O) groups is 2. The molecule has 5 nitrogen and oxygen atoms in total. The Hall–Kier alpha value is -2.14. The highest BCUT2D eigenvalue weighted by atomic mass is 16.5. The molecule has 0 unspecified atom stereocenters. The molecule has 114 valence electrons. The largest absolute Gasteiger partial charge is 0.491 e. The minimum atomic E-state index is -0.160. The molecule has 0 heterocycles. The number of Topliss-reactive ketones (excluding diaryl/α,β-unsaturated/α-hetero) is 1. The van der Waals surface area contributed by atoms with E-state index in [0.29, 0.717) is 31.1 Å². The Morgan fingerprint density at radius 2 is 2.10 bits per heavy atom. The molecule has 0 aliphatic heterocycles. The predicted octanol–water partition coefficient (Wildman–Crippen LogP) is 1.98. The van der Waals surface area contributed by atoms with Crippen molar-refractivity contribution in [3.63, 3.8) is 0 Å². The quantitative estimate of drug-likeness (QED) is 0.429. The fraction of sp³-hybridized carbons (Fsp3) is 0.375. The fourth-order valence-electron chi connectivity index (χ4n) is 1.53. The molecule has 0 aromatic heterocycles. The van der Waals surface area contributed by atoms with Gasteiger partial charge in [0.1, 0.15) is 19.0 Å². The lowest BCUT2D eigenvalue weighted by molar-refractivity contribution is -0.125. The maximum Gasteiger partial charge on any atom is 0.246 e. The van der Waals surface area contributed by atoms with Crippen LogP contribution < -0.4 is 10.1 Å². The molecule has 0 radical (unpaired) electrons. The van der Waals surface area contributed by atoms with E-state index in [1.54, 1.807) is 24.3 Å². The number of ether oxygens (including phenoxy) is 2. The number of carbonyl (C=O) groups excluding carboxylic acids is 2. The molecule has 0 bridgehead atoms. The first kappa shape index (κ1) is 16.9. The zero-order valence-corrected chi connectivity index (χ0v) is 12.4. The van der Waals surface area contributed by atoms with Gasteiger partial charge in [0.2, 0.25) is 5.91 Å². The van der Waals surface area contributed by atoms with Crippen molar-refractivity contribution < 1.29 is 19.1 Å². The van der Waals surface area contributed by atoms with Gasteiger partial charge in [-0.15, -0.1) is 0 Å². The molecule has 21 heavy (non-hydrogen) atoms. The third-order valence-electron chi connectivity index (χ3n) is 2.62.